The second kappa shape index (κ2) is 4.38. The third-order valence-electron chi connectivity index (χ3n) is 2.76. The van der Waals surface area contributed by atoms with Gasteiger partial charge in [0.1, 0.15) is 0 Å². The van der Waals surface area contributed by atoms with E-state index >= 15 is 0 Å². The molecule has 0 aliphatic heterocycles. The predicted octanol–water partition coefficient (Wildman–Crippen LogP) is 4.44. The Morgan fingerprint density at radius 1 is 0.938 bits per heavy atom. The summed E-state index contributed by atoms with van der Waals surface area (Å²) in [5.41, 5.74) is 5.87. The Labute approximate surface area is 105 Å². The first-order chi connectivity index (χ1) is 7.59. The number of pyridine rings is 1. The fourth-order valence-corrected chi connectivity index (χ4v) is 2.12. The van der Waals surface area contributed by atoms with Gasteiger partial charge in [-0.15, -0.1) is 0 Å². The third kappa shape index (κ3) is 2.03. The van der Waals surface area contributed by atoms with Crippen LogP contribution in [0.3, 0.4) is 0 Å². The highest BCUT2D eigenvalue weighted by Gasteiger charge is 2.07. The van der Waals surface area contributed by atoms with Gasteiger partial charge in [0.15, 0.2) is 0 Å². The highest BCUT2D eigenvalue weighted by atomic mass is 79.9. The molecule has 0 bridgehead atoms. The third-order valence-corrected chi connectivity index (χ3v) is 3.60. The molecule has 0 spiro atoms. The lowest BCUT2D eigenvalue weighted by Gasteiger charge is -2.10. The van der Waals surface area contributed by atoms with E-state index < -0.39 is 0 Å². The number of hydrogen-bond donors (Lipinski definition) is 0. The minimum absolute atomic E-state index is 1.03. The molecule has 2 aromatic rings. The van der Waals surface area contributed by atoms with Crippen molar-refractivity contribution in [3.63, 3.8) is 0 Å². The molecular weight excluding hydrogens is 262 g/mol. The predicted molar refractivity (Wildman–Crippen MR) is 71.6 cm³/mol. The van der Waals surface area contributed by atoms with Crippen molar-refractivity contribution in [2.24, 2.45) is 0 Å². The van der Waals surface area contributed by atoms with Gasteiger partial charge in [-0.2, -0.15) is 0 Å². The highest BCUT2D eigenvalue weighted by Crippen LogP contribution is 2.27. The normalized spacial score (nSPS) is 10.5. The van der Waals surface area contributed by atoms with Gasteiger partial charge in [0.2, 0.25) is 0 Å². The van der Waals surface area contributed by atoms with E-state index in [0.29, 0.717) is 0 Å². The van der Waals surface area contributed by atoms with Crippen LogP contribution in [-0.2, 0) is 0 Å². The number of hydrogen-bond acceptors (Lipinski definition) is 1. The summed E-state index contributed by atoms with van der Waals surface area (Å²) < 4.78 is 1.06. The van der Waals surface area contributed by atoms with Crippen LogP contribution in [0.1, 0.15) is 16.8 Å². The quantitative estimate of drug-likeness (QED) is 0.750. The van der Waals surface area contributed by atoms with Crippen LogP contribution in [0, 0.1) is 20.8 Å². The van der Waals surface area contributed by atoms with Gasteiger partial charge in [0.05, 0.1) is 11.4 Å². The summed E-state index contributed by atoms with van der Waals surface area (Å²) in [5.74, 6) is 0. The average molecular weight is 276 g/mol. The lowest BCUT2D eigenvalue weighted by molar-refractivity contribution is 1.17. The van der Waals surface area contributed by atoms with Crippen LogP contribution >= 0.6 is 15.9 Å². The summed E-state index contributed by atoms with van der Waals surface area (Å²) in [4.78, 5) is 4.62. The largest absolute Gasteiger partial charge is 0.252 e. The first-order valence-corrected chi connectivity index (χ1v) is 6.08. The fourth-order valence-electron chi connectivity index (χ4n) is 1.90. The van der Waals surface area contributed by atoms with Crippen LogP contribution in [0.25, 0.3) is 11.3 Å². The molecule has 0 N–H and O–H groups in total. The van der Waals surface area contributed by atoms with Gasteiger partial charge in [-0.05, 0) is 60.0 Å². The van der Waals surface area contributed by atoms with Crippen molar-refractivity contribution in [3.8, 4) is 11.3 Å². The van der Waals surface area contributed by atoms with E-state index in [1.807, 2.05) is 6.92 Å². The molecule has 0 atom stereocenters. The first-order valence-electron chi connectivity index (χ1n) is 5.29. The van der Waals surface area contributed by atoms with Gasteiger partial charge < -0.3 is 0 Å². The molecule has 1 aromatic heterocycles. The van der Waals surface area contributed by atoms with E-state index in [9.17, 15) is 0 Å². The molecule has 0 saturated carbocycles. The minimum Gasteiger partial charge on any atom is -0.252 e. The van der Waals surface area contributed by atoms with E-state index in [0.717, 1.165) is 15.9 Å². The molecular formula is C14H14BrN. The summed E-state index contributed by atoms with van der Waals surface area (Å²) in [6.07, 6.45) is 0. The lowest BCUT2D eigenvalue weighted by Crippen LogP contribution is -1.93. The molecule has 0 unspecified atom stereocenters. The Kier molecular flexibility index (Phi) is 3.10. The molecule has 0 aliphatic rings. The van der Waals surface area contributed by atoms with Crippen molar-refractivity contribution in [1.29, 1.82) is 0 Å². The number of aryl methyl sites for hydroxylation is 3. The molecule has 0 amide bonds. The Hall–Kier alpha value is -1.15. The Morgan fingerprint density at radius 3 is 2.12 bits per heavy atom. The molecule has 0 radical (unpaired) electrons. The number of benzene rings is 1. The molecule has 1 heterocycles. The van der Waals surface area contributed by atoms with Crippen molar-refractivity contribution < 1.29 is 0 Å². The van der Waals surface area contributed by atoms with E-state index in [1.54, 1.807) is 0 Å². The Bertz CT molecular complexity index is 512. The average Bonchev–Trinajstić information content (AvgIpc) is 2.23. The van der Waals surface area contributed by atoms with Crippen LogP contribution in [-0.4, -0.2) is 4.98 Å². The van der Waals surface area contributed by atoms with E-state index in [2.05, 4.69) is 65.1 Å². The van der Waals surface area contributed by atoms with Crippen molar-refractivity contribution in [1.82, 2.24) is 4.98 Å². The molecule has 0 aliphatic carbocycles. The molecule has 2 heteroatoms. The topological polar surface area (TPSA) is 12.9 Å². The van der Waals surface area contributed by atoms with Gasteiger partial charge in [0.25, 0.3) is 0 Å². The smallest absolute Gasteiger partial charge is 0.0711 e. The summed E-state index contributed by atoms with van der Waals surface area (Å²) in [5, 5.41) is 0. The molecule has 82 valence electrons. The van der Waals surface area contributed by atoms with Crippen molar-refractivity contribution >= 4 is 15.9 Å². The van der Waals surface area contributed by atoms with Gasteiger partial charge in [-0.1, -0.05) is 18.2 Å². The van der Waals surface area contributed by atoms with Crippen molar-refractivity contribution in [3.05, 3.63) is 51.6 Å². The fraction of sp³-hybridized carbons (Fsp3) is 0.214. The van der Waals surface area contributed by atoms with E-state index in [-0.39, 0.29) is 0 Å². The molecule has 2 rings (SSSR count). The number of nitrogens with zero attached hydrogens (tertiary/aromatic N) is 1. The second-order valence-electron chi connectivity index (χ2n) is 4.03. The highest BCUT2D eigenvalue weighted by molar-refractivity contribution is 9.10. The molecule has 16 heavy (non-hydrogen) atoms. The Balaban J connectivity index is 2.63. The standard InChI is InChI=1S/C14H14BrN/c1-9-5-4-6-10(2)14(9)13-8-7-12(15)11(3)16-13/h4-8H,1-3H3. The van der Waals surface area contributed by atoms with Gasteiger partial charge in [0, 0.05) is 10.0 Å². The van der Waals surface area contributed by atoms with Gasteiger partial charge in [-0.25, -0.2) is 0 Å². The summed E-state index contributed by atoms with van der Waals surface area (Å²) in [6, 6.07) is 10.5. The maximum absolute atomic E-state index is 4.62. The van der Waals surface area contributed by atoms with Crippen LogP contribution in [0.15, 0.2) is 34.8 Å². The summed E-state index contributed by atoms with van der Waals surface area (Å²) in [6.45, 7) is 6.27. The van der Waals surface area contributed by atoms with E-state index in [4.69, 9.17) is 0 Å². The van der Waals surface area contributed by atoms with Gasteiger partial charge >= 0.3 is 0 Å². The second-order valence-corrected chi connectivity index (χ2v) is 4.88. The van der Waals surface area contributed by atoms with Crippen LogP contribution in [0.5, 0.6) is 0 Å². The molecule has 0 fully saturated rings. The maximum atomic E-state index is 4.62. The minimum atomic E-state index is 1.03. The number of rotatable bonds is 1. The van der Waals surface area contributed by atoms with Crippen molar-refractivity contribution in [2.45, 2.75) is 20.8 Å². The van der Waals surface area contributed by atoms with Crippen LogP contribution in [0.2, 0.25) is 0 Å². The van der Waals surface area contributed by atoms with Crippen LogP contribution in [0.4, 0.5) is 0 Å². The number of aromatic nitrogens is 1. The van der Waals surface area contributed by atoms with Gasteiger partial charge in [-0.3, -0.25) is 4.98 Å². The maximum Gasteiger partial charge on any atom is 0.0711 e. The molecule has 1 nitrogen and oxygen atoms in total. The zero-order valence-electron chi connectivity index (χ0n) is 9.71. The summed E-state index contributed by atoms with van der Waals surface area (Å²) in [7, 11) is 0. The molecule has 1 aromatic carbocycles. The number of halogens is 1. The lowest BCUT2D eigenvalue weighted by atomic mass is 9.99. The van der Waals surface area contributed by atoms with E-state index in [1.165, 1.54) is 16.7 Å². The zero-order valence-corrected chi connectivity index (χ0v) is 11.3. The SMILES string of the molecule is Cc1cccc(C)c1-c1ccc(Br)c(C)n1. The zero-order chi connectivity index (χ0) is 11.7. The summed E-state index contributed by atoms with van der Waals surface area (Å²) >= 11 is 3.48. The van der Waals surface area contributed by atoms with Crippen LogP contribution < -0.4 is 0 Å². The van der Waals surface area contributed by atoms with Crippen molar-refractivity contribution in [2.75, 3.05) is 0 Å². The Morgan fingerprint density at radius 2 is 1.56 bits per heavy atom. The monoisotopic (exact) mass is 275 g/mol. The molecule has 0 saturated heterocycles. The first kappa shape index (κ1) is 11.3.